The molecule has 102 valence electrons. The van der Waals surface area contributed by atoms with Gasteiger partial charge in [0, 0.05) is 18.8 Å². The number of aryl methyl sites for hydroxylation is 3. The molecule has 0 radical (unpaired) electrons. The average molecular weight is 276 g/mol. The third-order valence-electron chi connectivity index (χ3n) is 3.12. The monoisotopic (exact) mass is 276 g/mol. The van der Waals surface area contributed by atoms with Gasteiger partial charge in [0.2, 0.25) is 0 Å². The minimum absolute atomic E-state index is 0.0145. The molecule has 0 aliphatic heterocycles. The van der Waals surface area contributed by atoms with Crippen molar-refractivity contribution in [1.82, 2.24) is 14.8 Å². The molecule has 0 spiro atoms. The topological polar surface area (TPSA) is 56.7 Å². The van der Waals surface area contributed by atoms with Gasteiger partial charge in [-0.2, -0.15) is 0 Å². The van der Waals surface area contributed by atoms with E-state index in [0.29, 0.717) is 0 Å². The zero-order chi connectivity index (χ0) is 14.0. The van der Waals surface area contributed by atoms with Crippen LogP contribution in [0.1, 0.15) is 28.6 Å². The molecule has 0 aliphatic carbocycles. The van der Waals surface area contributed by atoms with Gasteiger partial charge in [-0.05, 0) is 26.3 Å². The lowest BCUT2D eigenvalue weighted by Gasteiger charge is -2.13. The SMILES string of the molecule is Cc1cc(C)cc(C(N)CSc2nnc(C)n2C)c1. The highest BCUT2D eigenvalue weighted by Crippen LogP contribution is 2.23. The van der Waals surface area contributed by atoms with Crippen molar-refractivity contribution in [3.8, 4) is 0 Å². The van der Waals surface area contributed by atoms with Crippen molar-refractivity contribution in [3.05, 3.63) is 40.7 Å². The molecule has 1 atom stereocenters. The van der Waals surface area contributed by atoms with E-state index >= 15 is 0 Å². The van der Waals surface area contributed by atoms with Crippen LogP contribution in [0, 0.1) is 20.8 Å². The first-order chi connectivity index (χ1) is 8.97. The second kappa shape index (κ2) is 5.75. The summed E-state index contributed by atoms with van der Waals surface area (Å²) in [5, 5.41) is 9.10. The first-order valence-corrected chi connectivity index (χ1v) is 7.28. The predicted molar refractivity (Wildman–Crippen MR) is 79.3 cm³/mol. The summed E-state index contributed by atoms with van der Waals surface area (Å²) in [7, 11) is 1.97. The van der Waals surface area contributed by atoms with E-state index in [1.165, 1.54) is 16.7 Å². The Balaban J connectivity index is 2.05. The van der Waals surface area contributed by atoms with E-state index < -0.39 is 0 Å². The summed E-state index contributed by atoms with van der Waals surface area (Å²) in [6.45, 7) is 6.14. The second-order valence-corrected chi connectivity index (χ2v) is 5.91. The Bertz CT molecular complexity index is 557. The van der Waals surface area contributed by atoms with Crippen LogP contribution in [0.3, 0.4) is 0 Å². The lowest BCUT2D eigenvalue weighted by atomic mass is 10.0. The van der Waals surface area contributed by atoms with E-state index in [2.05, 4.69) is 42.2 Å². The standard InChI is InChI=1S/C14H20N4S/c1-9-5-10(2)7-12(6-9)13(15)8-19-14-17-16-11(3)18(14)4/h5-7,13H,8,15H2,1-4H3. The van der Waals surface area contributed by atoms with Gasteiger partial charge in [0.25, 0.3) is 0 Å². The molecular weight excluding hydrogens is 256 g/mol. The lowest BCUT2D eigenvalue weighted by molar-refractivity contribution is 0.759. The van der Waals surface area contributed by atoms with Crippen LogP contribution in [-0.4, -0.2) is 20.5 Å². The van der Waals surface area contributed by atoms with Crippen molar-refractivity contribution < 1.29 is 0 Å². The van der Waals surface area contributed by atoms with Gasteiger partial charge >= 0.3 is 0 Å². The zero-order valence-electron chi connectivity index (χ0n) is 11.8. The first-order valence-electron chi connectivity index (χ1n) is 6.30. The van der Waals surface area contributed by atoms with Crippen LogP contribution in [0.15, 0.2) is 23.4 Å². The number of aromatic nitrogens is 3. The molecule has 2 rings (SSSR count). The van der Waals surface area contributed by atoms with Gasteiger partial charge in [-0.25, -0.2) is 0 Å². The van der Waals surface area contributed by atoms with Crippen molar-refractivity contribution >= 4 is 11.8 Å². The van der Waals surface area contributed by atoms with Crippen LogP contribution in [-0.2, 0) is 7.05 Å². The molecule has 1 aromatic carbocycles. The van der Waals surface area contributed by atoms with Crippen LogP contribution < -0.4 is 5.73 Å². The number of nitrogens with zero attached hydrogens (tertiary/aromatic N) is 3. The molecule has 2 N–H and O–H groups in total. The van der Waals surface area contributed by atoms with Crippen molar-refractivity contribution in [3.63, 3.8) is 0 Å². The highest BCUT2D eigenvalue weighted by molar-refractivity contribution is 7.99. The average Bonchev–Trinajstić information content (AvgIpc) is 2.66. The molecule has 5 heteroatoms. The van der Waals surface area contributed by atoms with Crippen LogP contribution in [0.5, 0.6) is 0 Å². The van der Waals surface area contributed by atoms with Gasteiger partial charge in [-0.1, -0.05) is 41.1 Å². The van der Waals surface area contributed by atoms with E-state index in [9.17, 15) is 0 Å². The number of hydrogen-bond acceptors (Lipinski definition) is 4. The largest absolute Gasteiger partial charge is 0.323 e. The van der Waals surface area contributed by atoms with Crippen LogP contribution in [0.2, 0.25) is 0 Å². The molecule has 4 nitrogen and oxygen atoms in total. The number of nitrogens with two attached hydrogens (primary N) is 1. The predicted octanol–water partition coefficient (Wildman–Crippen LogP) is 2.53. The Hall–Kier alpha value is -1.33. The van der Waals surface area contributed by atoms with Crippen LogP contribution >= 0.6 is 11.8 Å². The molecule has 0 aliphatic rings. The summed E-state index contributed by atoms with van der Waals surface area (Å²) in [4.78, 5) is 0. The van der Waals surface area contributed by atoms with Gasteiger partial charge in [0.1, 0.15) is 5.82 Å². The highest BCUT2D eigenvalue weighted by atomic mass is 32.2. The third-order valence-corrected chi connectivity index (χ3v) is 4.26. The van der Waals surface area contributed by atoms with Gasteiger partial charge in [0.05, 0.1) is 0 Å². The lowest BCUT2D eigenvalue weighted by Crippen LogP contribution is -2.14. The fraction of sp³-hybridized carbons (Fsp3) is 0.429. The maximum atomic E-state index is 6.26. The third kappa shape index (κ3) is 3.36. The van der Waals surface area contributed by atoms with Crippen molar-refractivity contribution in [2.24, 2.45) is 12.8 Å². The summed E-state index contributed by atoms with van der Waals surface area (Å²) in [6.07, 6.45) is 0. The van der Waals surface area contributed by atoms with Crippen LogP contribution in [0.4, 0.5) is 0 Å². The van der Waals surface area contributed by atoms with E-state index in [1.807, 2.05) is 18.5 Å². The normalized spacial score (nSPS) is 12.7. The van der Waals surface area contributed by atoms with Gasteiger partial charge in [-0.3, -0.25) is 0 Å². The Morgan fingerprint density at radius 2 is 1.79 bits per heavy atom. The second-order valence-electron chi connectivity index (χ2n) is 4.93. The molecule has 1 aromatic heterocycles. The van der Waals surface area contributed by atoms with Crippen molar-refractivity contribution in [2.45, 2.75) is 32.0 Å². The summed E-state index contributed by atoms with van der Waals surface area (Å²) in [6, 6.07) is 6.48. The molecule has 1 heterocycles. The zero-order valence-corrected chi connectivity index (χ0v) is 12.7. The summed E-state index contributed by atoms with van der Waals surface area (Å²) in [5.41, 5.74) is 9.95. The summed E-state index contributed by atoms with van der Waals surface area (Å²) < 4.78 is 1.98. The Labute approximate surface area is 118 Å². The Kier molecular flexibility index (Phi) is 4.27. The number of thioether (sulfide) groups is 1. The van der Waals surface area contributed by atoms with Gasteiger partial charge in [-0.15, -0.1) is 10.2 Å². The minimum Gasteiger partial charge on any atom is -0.323 e. The molecule has 2 aromatic rings. The van der Waals surface area contributed by atoms with E-state index in [0.717, 1.165) is 16.7 Å². The molecule has 0 saturated carbocycles. The highest BCUT2D eigenvalue weighted by Gasteiger charge is 2.11. The minimum atomic E-state index is 0.0145. The molecule has 1 unspecified atom stereocenters. The van der Waals surface area contributed by atoms with E-state index in [4.69, 9.17) is 5.73 Å². The number of benzene rings is 1. The fourth-order valence-corrected chi connectivity index (χ4v) is 2.94. The maximum absolute atomic E-state index is 6.26. The Morgan fingerprint density at radius 1 is 1.16 bits per heavy atom. The summed E-state index contributed by atoms with van der Waals surface area (Å²) in [5.74, 6) is 1.72. The quantitative estimate of drug-likeness (QED) is 0.872. The Morgan fingerprint density at radius 3 is 2.32 bits per heavy atom. The van der Waals surface area contributed by atoms with Crippen molar-refractivity contribution in [1.29, 1.82) is 0 Å². The molecule has 0 saturated heterocycles. The van der Waals surface area contributed by atoms with Crippen molar-refractivity contribution in [2.75, 3.05) is 5.75 Å². The van der Waals surface area contributed by atoms with Gasteiger partial charge < -0.3 is 10.3 Å². The molecule has 0 fully saturated rings. The first kappa shape index (κ1) is 14.1. The fourth-order valence-electron chi connectivity index (χ4n) is 2.00. The van der Waals surface area contributed by atoms with Gasteiger partial charge in [0.15, 0.2) is 5.16 Å². The molecule has 19 heavy (non-hydrogen) atoms. The number of hydrogen-bond donors (Lipinski definition) is 1. The maximum Gasteiger partial charge on any atom is 0.191 e. The number of rotatable bonds is 4. The molecule has 0 bridgehead atoms. The molecule has 0 amide bonds. The molecular formula is C14H20N4S. The smallest absolute Gasteiger partial charge is 0.191 e. The summed E-state index contributed by atoms with van der Waals surface area (Å²) >= 11 is 1.65. The van der Waals surface area contributed by atoms with E-state index in [-0.39, 0.29) is 6.04 Å². The van der Waals surface area contributed by atoms with E-state index in [1.54, 1.807) is 11.8 Å². The van der Waals surface area contributed by atoms with Crippen LogP contribution in [0.25, 0.3) is 0 Å².